The molecule has 0 atom stereocenters. The summed E-state index contributed by atoms with van der Waals surface area (Å²) in [4.78, 5) is 7.44. The molecule has 1 aromatic heterocycles. The van der Waals surface area contributed by atoms with Gasteiger partial charge in [-0.25, -0.2) is 13.8 Å². The van der Waals surface area contributed by atoms with Gasteiger partial charge in [0, 0.05) is 12.3 Å². The molecule has 0 aliphatic rings. The summed E-state index contributed by atoms with van der Waals surface area (Å²) in [5, 5.41) is 0. The maximum atomic E-state index is 13.2. The van der Waals surface area contributed by atoms with Crippen molar-refractivity contribution in [1.29, 1.82) is 0 Å². The second kappa shape index (κ2) is 4.09. The fourth-order valence-electron chi connectivity index (χ4n) is 1.06. The van der Waals surface area contributed by atoms with E-state index in [2.05, 4.69) is 9.97 Å². The van der Waals surface area contributed by atoms with E-state index in [0.717, 1.165) is 12.1 Å². The highest BCUT2D eigenvalue weighted by atomic mass is 19.1. The number of halogens is 2. The van der Waals surface area contributed by atoms with Crippen molar-refractivity contribution in [2.24, 2.45) is 0 Å². The van der Waals surface area contributed by atoms with E-state index in [-0.39, 0.29) is 17.6 Å². The third kappa shape index (κ3) is 2.22. The zero-order valence-corrected chi connectivity index (χ0v) is 8.02. The van der Waals surface area contributed by atoms with Gasteiger partial charge in [0.1, 0.15) is 11.6 Å². The smallest absolute Gasteiger partial charge is 0.323 e. The van der Waals surface area contributed by atoms with Crippen LogP contribution in [0.3, 0.4) is 0 Å². The van der Waals surface area contributed by atoms with Crippen LogP contribution in [0.25, 0.3) is 0 Å². The monoisotopic (exact) mass is 223 g/mol. The fraction of sp³-hybridized carbons (Fsp3) is 0. The van der Waals surface area contributed by atoms with Crippen molar-refractivity contribution in [3.05, 3.63) is 42.1 Å². The van der Waals surface area contributed by atoms with E-state index in [1.807, 2.05) is 0 Å². The molecule has 2 N–H and O–H groups in total. The molecule has 0 unspecified atom stereocenters. The number of nitrogens with zero attached hydrogens (tertiary/aromatic N) is 2. The highest BCUT2D eigenvalue weighted by molar-refractivity contribution is 5.30. The Morgan fingerprint density at radius 1 is 1.19 bits per heavy atom. The number of nitrogens with two attached hydrogens (primary N) is 1. The van der Waals surface area contributed by atoms with Crippen LogP contribution in [-0.2, 0) is 0 Å². The van der Waals surface area contributed by atoms with Gasteiger partial charge in [-0.05, 0) is 18.2 Å². The summed E-state index contributed by atoms with van der Waals surface area (Å²) in [5.41, 5.74) is 5.39. The Hall–Kier alpha value is -2.24. The highest BCUT2D eigenvalue weighted by Gasteiger charge is 2.07. The lowest BCUT2D eigenvalue weighted by atomic mass is 10.3. The SMILES string of the molecule is Nc1ccnc(Oc2ccc(F)cc2F)n1. The Morgan fingerprint density at radius 2 is 2.00 bits per heavy atom. The maximum absolute atomic E-state index is 13.2. The Labute approximate surface area is 89.7 Å². The Kier molecular flexibility index (Phi) is 2.63. The van der Waals surface area contributed by atoms with Crippen LogP contribution in [-0.4, -0.2) is 9.97 Å². The Bertz CT molecular complexity index is 519. The number of aromatic nitrogens is 2. The van der Waals surface area contributed by atoms with Gasteiger partial charge in [-0.15, -0.1) is 0 Å². The molecule has 0 aliphatic heterocycles. The van der Waals surface area contributed by atoms with Gasteiger partial charge in [-0.1, -0.05) is 0 Å². The van der Waals surface area contributed by atoms with Gasteiger partial charge in [0.25, 0.3) is 0 Å². The maximum Gasteiger partial charge on any atom is 0.323 e. The van der Waals surface area contributed by atoms with Crippen molar-refractivity contribution in [3.8, 4) is 11.8 Å². The van der Waals surface area contributed by atoms with Gasteiger partial charge in [0.05, 0.1) is 0 Å². The van der Waals surface area contributed by atoms with Crippen LogP contribution < -0.4 is 10.5 Å². The standard InChI is InChI=1S/C10H7F2N3O/c11-6-1-2-8(7(12)5-6)16-10-14-4-3-9(13)15-10/h1-5H,(H2,13,14,15). The third-order valence-electron chi connectivity index (χ3n) is 1.75. The lowest BCUT2D eigenvalue weighted by Gasteiger charge is -2.04. The van der Waals surface area contributed by atoms with E-state index in [0.29, 0.717) is 6.07 Å². The largest absolute Gasteiger partial charge is 0.421 e. The minimum absolute atomic E-state index is 0.0921. The first-order chi connectivity index (χ1) is 7.65. The number of nitrogen functional groups attached to an aromatic ring is 1. The van der Waals surface area contributed by atoms with Crippen molar-refractivity contribution in [2.45, 2.75) is 0 Å². The van der Waals surface area contributed by atoms with Gasteiger partial charge in [0.2, 0.25) is 0 Å². The number of anilines is 1. The third-order valence-corrected chi connectivity index (χ3v) is 1.75. The average molecular weight is 223 g/mol. The lowest BCUT2D eigenvalue weighted by molar-refractivity contribution is 0.408. The molecule has 0 aliphatic carbocycles. The minimum Gasteiger partial charge on any atom is -0.421 e. The molecule has 6 heteroatoms. The summed E-state index contributed by atoms with van der Waals surface area (Å²) >= 11 is 0. The van der Waals surface area contributed by atoms with Gasteiger partial charge in [-0.3, -0.25) is 0 Å². The zero-order chi connectivity index (χ0) is 11.5. The number of rotatable bonds is 2. The van der Waals surface area contributed by atoms with Crippen molar-refractivity contribution >= 4 is 5.82 Å². The lowest BCUT2D eigenvalue weighted by Crippen LogP contribution is -1.97. The molecule has 4 nitrogen and oxygen atoms in total. The molecule has 1 aromatic carbocycles. The summed E-state index contributed by atoms with van der Waals surface area (Å²) < 4.78 is 30.8. The molecule has 16 heavy (non-hydrogen) atoms. The number of ether oxygens (including phenoxy) is 1. The van der Waals surface area contributed by atoms with Crippen molar-refractivity contribution in [3.63, 3.8) is 0 Å². The predicted octanol–water partition coefficient (Wildman–Crippen LogP) is 2.13. The summed E-state index contributed by atoms with van der Waals surface area (Å²) in [6, 6.07) is 4.31. The Morgan fingerprint density at radius 3 is 2.69 bits per heavy atom. The molecule has 82 valence electrons. The molecular weight excluding hydrogens is 216 g/mol. The van der Waals surface area contributed by atoms with Crippen LogP contribution in [0.4, 0.5) is 14.6 Å². The number of benzene rings is 1. The summed E-state index contributed by atoms with van der Waals surface area (Å²) in [5.74, 6) is -1.47. The van der Waals surface area contributed by atoms with E-state index in [1.54, 1.807) is 0 Å². The van der Waals surface area contributed by atoms with Crippen molar-refractivity contribution < 1.29 is 13.5 Å². The van der Waals surface area contributed by atoms with E-state index in [1.165, 1.54) is 12.3 Å². The molecule has 0 saturated carbocycles. The van der Waals surface area contributed by atoms with Crippen LogP contribution in [0.5, 0.6) is 11.8 Å². The van der Waals surface area contributed by atoms with Gasteiger partial charge in [0.15, 0.2) is 11.6 Å². The molecular formula is C10H7F2N3O. The van der Waals surface area contributed by atoms with Crippen LogP contribution in [0.1, 0.15) is 0 Å². The van der Waals surface area contributed by atoms with Crippen molar-refractivity contribution in [1.82, 2.24) is 9.97 Å². The van der Waals surface area contributed by atoms with Crippen LogP contribution >= 0.6 is 0 Å². The molecule has 0 radical (unpaired) electrons. The minimum atomic E-state index is -0.828. The zero-order valence-electron chi connectivity index (χ0n) is 8.02. The molecule has 0 amide bonds. The molecule has 2 aromatic rings. The number of hydrogen-bond acceptors (Lipinski definition) is 4. The second-order valence-corrected chi connectivity index (χ2v) is 2.94. The molecule has 0 fully saturated rings. The summed E-state index contributed by atoms with van der Waals surface area (Å²) in [7, 11) is 0. The van der Waals surface area contributed by atoms with E-state index in [4.69, 9.17) is 10.5 Å². The topological polar surface area (TPSA) is 61.0 Å². The summed E-state index contributed by atoms with van der Waals surface area (Å²) in [6.45, 7) is 0. The molecule has 0 saturated heterocycles. The van der Waals surface area contributed by atoms with Crippen LogP contribution in [0, 0.1) is 11.6 Å². The van der Waals surface area contributed by atoms with Crippen molar-refractivity contribution in [2.75, 3.05) is 5.73 Å². The normalized spacial score (nSPS) is 10.1. The highest BCUT2D eigenvalue weighted by Crippen LogP contribution is 2.22. The summed E-state index contributed by atoms with van der Waals surface area (Å²) in [6.07, 6.45) is 1.37. The number of hydrogen-bond donors (Lipinski definition) is 1. The van der Waals surface area contributed by atoms with E-state index in [9.17, 15) is 8.78 Å². The molecule has 1 heterocycles. The second-order valence-electron chi connectivity index (χ2n) is 2.94. The predicted molar refractivity (Wildman–Crippen MR) is 52.9 cm³/mol. The van der Waals surface area contributed by atoms with E-state index < -0.39 is 11.6 Å². The average Bonchev–Trinajstić information content (AvgIpc) is 2.22. The van der Waals surface area contributed by atoms with Gasteiger partial charge in [-0.2, -0.15) is 4.98 Å². The molecule has 0 bridgehead atoms. The van der Waals surface area contributed by atoms with Crippen LogP contribution in [0.2, 0.25) is 0 Å². The van der Waals surface area contributed by atoms with Gasteiger partial charge >= 0.3 is 6.01 Å². The Balaban J connectivity index is 2.27. The molecule has 0 spiro atoms. The quantitative estimate of drug-likeness (QED) is 0.847. The van der Waals surface area contributed by atoms with E-state index >= 15 is 0 Å². The van der Waals surface area contributed by atoms with Crippen LogP contribution in [0.15, 0.2) is 30.5 Å². The first-order valence-corrected chi connectivity index (χ1v) is 4.36. The first-order valence-electron chi connectivity index (χ1n) is 4.36. The fourth-order valence-corrected chi connectivity index (χ4v) is 1.06. The van der Waals surface area contributed by atoms with Gasteiger partial charge < -0.3 is 10.5 Å². The molecule has 2 rings (SSSR count). The first kappa shape index (κ1) is 10.3.